The zero-order valence-electron chi connectivity index (χ0n) is 15.9. The van der Waals surface area contributed by atoms with Crippen molar-refractivity contribution in [1.82, 2.24) is 4.90 Å². The van der Waals surface area contributed by atoms with Crippen molar-refractivity contribution in [2.24, 2.45) is 0 Å². The van der Waals surface area contributed by atoms with Crippen molar-refractivity contribution in [3.63, 3.8) is 0 Å². The lowest BCUT2D eigenvalue weighted by Crippen LogP contribution is -2.44. The number of benzene rings is 2. The van der Waals surface area contributed by atoms with Gasteiger partial charge in [-0.3, -0.25) is 4.90 Å². The van der Waals surface area contributed by atoms with E-state index in [1.165, 1.54) is 0 Å². The molecule has 1 amide bonds. The maximum Gasteiger partial charge on any atom is 0.410 e. The maximum atomic E-state index is 12.9. The Kier molecular flexibility index (Phi) is 7.38. The number of carbonyl (C=O) groups excluding carboxylic acids is 1. The third-order valence-electron chi connectivity index (χ3n) is 5.01. The number of amides is 1. The molecule has 3 rings (SSSR count). The second-order valence-corrected chi connectivity index (χ2v) is 7.35. The molecule has 1 aliphatic heterocycles. The SMILES string of the molecule is C=CCC[C@@H]1CC[C@H](COc2ccccc2Cl)N1C(=O)OCc1ccccc1. The number of halogens is 1. The van der Waals surface area contributed by atoms with Crippen LogP contribution in [0.1, 0.15) is 31.2 Å². The van der Waals surface area contributed by atoms with Gasteiger partial charge in [0.25, 0.3) is 0 Å². The van der Waals surface area contributed by atoms with E-state index in [2.05, 4.69) is 6.58 Å². The summed E-state index contributed by atoms with van der Waals surface area (Å²) in [5.41, 5.74) is 0.974. The second-order valence-electron chi connectivity index (χ2n) is 6.94. The first-order valence-corrected chi connectivity index (χ1v) is 10.0. The van der Waals surface area contributed by atoms with Gasteiger partial charge < -0.3 is 9.47 Å². The molecule has 0 radical (unpaired) electrons. The molecule has 2 atom stereocenters. The number of rotatable bonds is 8. The molecular weight excluding hydrogens is 374 g/mol. The van der Waals surface area contributed by atoms with Crippen LogP contribution in [0.3, 0.4) is 0 Å². The highest BCUT2D eigenvalue weighted by atomic mass is 35.5. The van der Waals surface area contributed by atoms with Crippen molar-refractivity contribution in [1.29, 1.82) is 0 Å². The third kappa shape index (κ3) is 5.29. The van der Waals surface area contributed by atoms with Crippen molar-refractivity contribution < 1.29 is 14.3 Å². The van der Waals surface area contributed by atoms with Crippen LogP contribution in [0.15, 0.2) is 67.3 Å². The van der Waals surface area contributed by atoms with Crippen LogP contribution in [0.25, 0.3) is 0 Å². The number of hydrogen-bond donors (Lipinski definition) is 0. The van der Waals surface area contributed by atoms with Gasteiger partial charge in [0, 0.05) is 6.04 Å². The van der Waals surface area contributed by atoms with Crippen LogP contribution in [0.4, 0.5) is 4.79 Å². The summed E-state index contributed by atoms with van der Waals surface area (Å²) in [5, 5.41) is 0.571. The molecule has 0 spiro atoms. The zero-order valence-corrected chi connectivity index (χ0v) is 16.7. The molecule has 2 aromatic rings. The van der Waals surface area contributed by atoms with E-state index in [0.717, 1.165) is 31.2 Å². The standard InChI is InChI=1S/C23H26ClNO3/c1-2-3-11-19-14-15-20(17-27-22-13-8-7-12-21(22)24)25(19)23(26)28-16-18-9-5-4-6-10-18/h2,4-10,12-13,19-20H,1,3,11,14-17H2/t19-,20-/m1/s1. The molecule has 28 heavy (non-hydrogen) atoms. The summed E-state index contributed by atoms with van der Waals surface area (Å²) in [6.07, 6.45) is 5.17. The molecule has 0 aliphatic carbocycles. The van der Waals surface area contributed by atoms with Gasteiger partial charge in [-0.05, 0) is 43.4 Å². The fourth-order valence-corrected chi connectivity index (χ4v) is 3.75. The van der Waals surface area contributed by atoms with Gasteiger partial charge in [0.2, 0.25) is 0 Å². The van der Waals surface area contributed by atoms with Gasteiger partial charge in [0.05, 0.1) is 11.1 Å². The highest BCUT2D eigenvalue weighted by Crippen LogP contribution is 2.30. The molecule has 1 heterocycles. The molecule has 5 heteroatoms. The van der Waals surface area contributed by atoms with Gasteiger partial charge in [0.1, 0.15) is 19.0 Å². The average Bonchev–Trinajstić information content (AvgIpc) is 3.13. The quantitative estimate of drug-likeness (QED) is 0.522. The van der Waals surface area contributed by atoms with E-state index in [9.17, 15) is 4.79 Å². The Balaban J connectivity index is 1.64. The fourth-order valence-electron chi connectivity index (χ4n) is 3.56. The lowest BCUT2D eigenvalue weighted by atomic mass is 10.1. The van der Waals surface area contributed by atoms with Crippen LogP contribution in [0.2, 0.25) is 5.02 Å². The molecule has 0 saturated carbocycles. The summed E-state index contributed by atoms with van der Waals surface area (Å²) in [7, 11) is 0. The number of carbonyl (C=O) groups is 1. The van der Waals surface area contributed by atoms with Gasteiger partial charge in [-0.25, -0.2) is 4.79 Å². The van der Waals surface area contributed by atoms with Gasteiger partial charge in [-0.2, -0.15) is 0 Å². The number of allylic oxidation sites excluding steroid dienone is 1. The minimum atomic E-state index is -0.289. The molecular formula is C23H26ClNO3. The predicted octanol–water partition coefficient (Wildman–Crippen LogP) is 5.85. The molecule has 2 aromatic carbocycles. The van der Waals surface area contributed by atoms with Crippen LogP contribution in [0.5, 0.6) is 5.75 Å². The summed E-state index contributed by atoms with van der Waals surface area (Å²) in [6.45, 7) is 4.46. The number of hydrogen-bond acceptors (Lipinski definition) is 3. The lowest BCUT2D eigenvalue weighted by molar-refractivity contribution is 0.0666. The summed E-state index contributed by atoms with van der Waals surface area (Å²) in [4.78, 5) is 14.7. The number of likely N-dealkylation sites (tertiary alicyclic amines) is 1. The third-order valence-corrected chi connectivity index (χ3v) is 5.32. The van der Waals surface area contributed by atoms with Crippen molar-refractivity contribution >= 4 is 17.7 Å². The maximum absolute atomic E-state index is 12.9. The number of ether oxygens (including phenoxy) is 2. The van der Waals surface area contributed by atoms with Gasteiger partial charge in [0.15, 0.2) is 0 Å². The molecule has 4 nitrogen and oxygen atoms in total. The van der Waals surface area contributed by atoms with E-state index in [0.29, 0.717) is 17.4 Å². The molecule has 0 bridgehead atoms. The van der Waals surface area contributed by atoms with E-state index in [1.54, 1.807) is 6.07 Å². The van der Waals surface area contributed by atoms with E-state index in [1.807, 2.05) is 59.5 Å². The van der Waals surface area contributed by atoms with Crippen LogP contribution in [-0.4, -0.2) is 29.7 Å². The smallest absolute Gasteiger partial charge is 0.410 e. The van der Waals surface area contributed by atoms with E-state index >= 15 is 0 Å². The number of para-hydroxylation sites is 1. The van der Waals surface area contributed by atoms with E-state index in [4.69, 9.17) is 21.1 Å². The Morgan fingerprint density at radius 2 is 1.82 bits per heavy atom. The van der Waals surface area contributed by atoms with Crippen LogP contribution >= 0.6 is 11.6 Å². The molecule has 1 aliphatic rings. The van der Waals surface area contributed by atoms with Crippen molar-refractivity contribution in [3.8, 4) is 5.75 Å². The molecule has 148 valence electrons. The highest BCUT2D eigenvalue weighted by molar-refractivity contribution is 6.32. The van der Waals surface area contributed by atoms with Crippen LogP contribution in [0, 0.1) is 0 Å². The second kappa shape index (κ2) is 10.2. The Bertz CT molecular complexity index is 780. The summed E-state index contributed by atoms with van der Waals surface area (Å²) < 4.78 is 11.5. The summed E-state index contributed by atoms with van der Waals surface area (Å²) in [5.74, 6) is 0.635. The summed E-state index contributed by atoms with van der Waals surface area (Å²) in [6, 6.07) is 17.2. The Hall–Kier alpha value is -2.46. The Morgan fingerprint density at radius 3 is 2.57 bits per heavy atom. The van der Waals surface area contributed by atoms with Gasteiger partial charge >= 0.3 is 6.09 Å². The molecule has 0 aromatic heterocycles. The van der Waals surface area contributed by atoms with Crippen molar-refractivity contribution in [2.75, 3.05) is 6.61 Å². The average molecular weight is 400 g/mol. The Morgan fingerprint density at radius 1 is 1.11 bits per heavy atom. The van der Waals surface area contributed by atoms with Crippen LogP contribution in [-0.2, 0) is 11.3 Å². The van der Waals surface area contributed by atoms with Gasteiger partial charge in [-0.1, -0.05) is 60.1 Å². The van der Waals surface area contributed by atoms with E-state index in [-0.39, 0.29) is 24.8 Å². The van der Waals surface area contributed by atoms with Gasteiger partial charge in [-0.15, -0.1) is 6.58 Å². The molecule has 0 unspecified atom stereocenters. The first-order chi connectivity index (χ1) is 13.7. The minimum absolute atomic E-state index is 0.0330. The largest absolute Gasteiger partial charge is 0.490 e. The zero-order chi connectivity index (χ0) is 19.8. The monoisotopic (exact) mass is 399 g/mol. The minimum Gasteiger partial charge on any atom is -0.490 e. The molecule has 0 N–H and O–H groups in total. The predicted molar refractivity (Wildman–Crippen MR) is 112 cm³/mol. The molecule has 1 saturated heterocycles. The normalized spacial score (nSPS) is 18.7. The van der Waals surface area contributed by atoms with E-state index < -0.39 is 0 Å². The molecule has 1 fully saturated rings. The highest BCUT2D eigenvalue weighted by Gasteiger charge is 2.38. The van der Waals surface area contributed by atoms with Crippen LogP contribution < -0.4 is 4.74 Å². The first-order valence-electron chi connectivity index (χ1n) is 9.66. The topological polar surface area (TPSA) is 38.8 Å². The fraction of sp³-hybridized carbons (Fsp3) is 0.348. The number of nitrogens with zero attached hydrogens (tertiary/aromatic N) is 1. The summed E-state index contributed by atoms with van der Waals surface area (Å²) >= 11 is 6.18. The van der Waals surface area contributed by atoms with Crippen molar-refractivity contribution in [3.05, 3.63) is 77.8 Å². The Labute approximate surface area is 171 Å². The first kappa shape index (κ1) is 20.3. The van der Waals surface area contributed by atoms with Crippen molar-refractivity contribution in [2.45, 2.75) is 44.4 Å². The lowest BCUT2D eigenvalue weighted by Gasteiger charge is -2.29.